The molecule has 1 atom stereocenters. The van der Waals surface area contributed by atoms with Crippen molar-refractivity contribution in [1.29, 1.82) is 0 Å². The van der Waals surface area contributed by atoms with Crippen molar-refractivity contribution < 1.29 is 19.1 Å². The molecule has 0 saturated heterocycles. The Morgan fingerprint density at radius 2 is 1.67 bits per heavy atom. The summed E-state index contributed by atoms with van der Waals surface area (Å²) in [5.74, 6) is -1.06. The largest absolute Gasteiger partial charge is 0.468 e. The van der Waals surface area contributed by atoms with Crippen LogP contribution in [0.4, 0.5) is 0 Å². The van der Waals surface area contributed by atoms with Gasteiger partial charge in [0.2, 0.25) is 0 Å². The summed E-state index contributed by atoms with van der Waals surface area (Å²) in [7, 11) is 1.01. The van der Waals surface area contributed by atoms with Crippen LogP contribution in [0.25, 0.3) is 0 Å². The fraction of sp³-hybridized carbons (Fsp3) is 0.545. The first-order valence-electron chi connectivity index (χ1n) is 9.42. The lowest BCUT2D eigenvalue weighted by molar-refractivity contribution is -0.170. The Bertz CT molecular complexity index is 727. The van der Waals surface area contributed by atoms with E-state index < -0.39 is 25.4 Å². The average molecular weight is 389 g/mol. The molecule has 0 fully saturated rings. The van der Waals surface area contributed by atoms with Crippen molar-refractivity contribution in [3.05, 3.63) is 47.2 Å². The molecule has 27 heavy (non-hydrogen) atoms. The van der Waals surface area contributed by atoms with Gasteiger partial charge in [-0.15, -0.1) is 0 Å². The van der Waals surface area contributed by atoms with E-state index in [0.29, 0.717) is 12.8 Å². The van der Waals surface area contributed by atoms with Crippen LogP contribution < -0.4 is 0 Å². The van der Waals surface area contributed by atoms with Gasteiger partial charge in [0.15, 0.2) is 5.41 Å². The Morgan fingerprint density at radius 1 is 1.11 bits per heavy atom. The summed E-state index contributed by atoms with van der Waals surface area (Å²) in [4.78, 5) is 25.3. The number of ether oxygens (including phenoxy) is 2. The van der Waals surface area contributed by atoms with E-state index in [2.05, 4.69) is 51.7 Å². The van der Waals surface area contributed by atoms with Crippen LogP contribution in [-0.4, -0.2) is 34.2 Å². The van der Waals surface area contributed by atoms with Gasteiger partial charge in [-0.25, -0.2) is 0 Å². The number of methoxy groups -OCH3 is 2. The second-order valence-electron chi connectivity index (χ2n) is 9.08. The van der Waals surface area contributed by atoms with Crippen molar-refractivity contribution in [1.82, 2.24) is 0 Å². The van der Waals surface area contributed by atoms with E-state index in [-0.39, 0.29) is 11.0 Å². The first kappa shape index (κ1) is 21.4. The molecule has 0 N–H and O–H groups in total. The van der Waals surface area contributed by atoms with Gasteiger partial charge in [0, 0.05) is 5.92 Å². The molecule has 0 radical (unpaired) electrons. The molecule has 0 heterocycles. The molecule has 5 heteroatoms. The summed E-state index contributed by atoms with van der Waals surface area (Å²) in [5, 5.41) is 0.222. The van der Waals surface area contributed by atoms with E-state index in [1.54, 1.807) is 0 Å². The second kappa shape index (κ2) is 7.62. The molecule has 1 aromatic carbocycles. The molecule has 1 aliphatic carbocycles. The zero-order valence-corrected chi connectivity index (χ0v) is 18.6. The van der Waals surface area contributed by atoms with E-state index in [1.165, 1.54) is 19.8 Å². The van der Waals surface area contributed by atoms with Crippen LogP contribution in [0.5, 0.6) is 0 Å². The molecule has 148 valence electrons. The number of benzene rings is 1. The quantitative estimate of drug-likeness (QED) is 0.428. The molecule has 4 nitrogen and oxygen atoms in total. The minimum atomic E-state index is -1.64. The van der Waals surface area contributed by atoms with Crippen LogP contribution in [0.2, 0.25) is 18.1 Å². The van der Waals surface area contributed by atoms with Gasteiger partial charge in [-0.3, -0.25) is 9.59 Å². The highest BCUT2D eigenvalue weighted by Crippen LogP contribution is 2.46. The number of carbonyl (C=O) groups excluding carboxylic acids is 2. The Morgan fingerprint density at radius 3 is 2.19 bits per heavy atom. The molecule has 1 aliphatic rings. The van der Waals surface area contributed by atoms with Crippen LogP contribution in [0.1, 0.15) is 44.2 Å². The van der Waals surface area contributed by atoms with Gasteiger partial charge in [-0.1, -0.05) is 69.9 Å². The normalized spacial score (nSPS) is 19.4. The van der Waals surface area contributed by atoms with Crippen LogP contribution in [0.3, 0.4) is 0 Å². The maximum absolute atomic E-state index is 12.7. The van der Waals surface area contributed by atoms with Crippen molar-refractivity contribution in [2.75, 3.05) is 14.2 Å². The van der Waals surface area contributed by atoms with Crippen LogP contribution in [-0.2, 0) is 25.5 Å². The summed E-state index contributed by atoms with van der Waals surface area (Å²) in [6.07, 6.45) is 2.89. The number of hydrogen-bond acceptors (Lipinski definition) is 4. The number of allylic oxidation sites excluding steroid dienone is 1. The van der Waals surface area contributed by atoms with Crippen LogP contribution in [0, 0.1) is 5.41 Å². The molecule has 0 amide bonds. The monoisotopic (exact) mass is 388 g/mol. The molecule has 2 rings (SSSR count). The van der Waals surface area contributed by atoms with Crippen molar-refractivity contribution in [3.63, 3.8) is 0 Å². The number of rotatable bonds is 4. The smallest absolute Gasteiger partial charge is 0.323 e. The van der Waals surface area contributed by atoms with Crippen molar-refractivity contribution in [2.24, 2.45) is 5.41 Å². The fourth-order valence-corrected chi connectivity index (χ4v) is 4.72. The predicted molar refractivity (Wildman–Crippen MR) is 110 cm³/mol. The van der Waals surface area contributed by atoms with E-state index in [1.807, 2.05) is 18.2 Å². The fourth-order valence-electron chi connectivity index (χ4n) is 3.50. The van der Waals surface area contributed by atoms with Gasteiger partial charge in [-0.2, -0.15) is 0 Å². The first-order valence-corrected chi connectivity index (χ1v) is 12.5. The highest BCUT2D eigenvalue weighted by molar-refractivity contribution is 6.84. The molecule has 0 aliphatic heterocycles. The van der Waals surface area contributed by atoms with Crippen LogP contribution >= 0.6 is 0 Å². The van der Waals surface area contributed by atoms with Crippen molar-refractivity contribution >= 4 is 20.0 Å². The Labute approximate surface area is 164 Å². The number of esters is 2. The molecule has 0 bridgehead atoms. The van der Waals surface area contributed by atoms with Gasteiger partial charge in [0.25, 0.3) is 0 Å². The molecule has 0 spiro atoms. The third kappa shape index (κ3) is 4.03. The SMILES string of the molecule is COC(=O)C1(C(=O)OC)Cc2ccccc2[C@@H](/C=C/[Si](C)(C)C(C)(C)C)C1. The van der Waals surface area contributed by atoms with E-state index in [9.17, 15) is 9.59 Å². The molecular weight excluding hydrogens is 356 g/mol. The highest BCUT2D eigenvalue weighted by Gasteiger charge is 2.52. The lowest BCUT2D eigenvalue weighted by Crippen LogP contribution is -2.46. The minimum Gasteiger partial charge on any atom is -0.468 e. The summed E-state index contributed by atoms with van der Waals surface area (Å²) < 4.78 is 10.0. The van der Waals surface area contributed by atoms with E-state index >= 15 is 0 Å². The predicted octanol–water partition coefficient (Wildman–Crippen LogP) is 4.65. The third-order valence-corrected chi connectivity index (χ3v) is 11.2. The summed E-state index contributed by atoms with van der Waals surface area (Å²) in [5.41, 5.74) is 3.24. The molecule has 0 saturated carbocycles. The Hall–Kier alpha value is -1.88. The van der Waals surface area contributed by atoms with Crippen LogP contribution in [0.15, 0.2) is 36.0 Å². The summed E-state index contributed by atoms with van der Waals surface area (Å²) >= 11 is 0. The third-order valence-electron chi connectivity index (χ3n) is 6.35. The maximum Gasteiger partial charge on any atom is 0.323 e. The van der Waals surface area contributed by atoms with Gasteiger partial charge >= 0.3 is 11.9 Å². The summed E-state index contributed by atoms with van der Waals surface area (Å²) in [6.45, 7) is 11.5. The van der Waals surface area contributed by atoms with Gasteiger partial charge < -0.3 is 9.47 Å². The topological polar surface area (TPSA) is 52.6 Å². The van der Waals surface area contributed by atoms with Crippen molar-refractivity contribution in [2.45, 2.75) is 57.7 Å². The second-order valence-corrected chi connectivity index (χ2v) is 14.4. The number of carbonyl (C=O) groups is 2. The Balaban J connectivity index is 2.54. The van der Waals surface area contributed by atoms with Gasteiger partial charge in [0.05, 0.1) is 22.3 Å². The lowest BCUT2D eigenvalue weighted by atomic mass is 9.67. The molecule has 0 aromatic heterocycles. The minimum absolute atomic E-state index is 0.0257. The lowest BCUT2D eigenvalue weighted by Gasteiger charge is -2.38. The highest BCUT2D eigenvalue weighted by atomic mass is 28.3. The maximum atomic E-state index is 12.7. The number of hydrogen-bond donors (Lipinski definition) is 0. The molecular formula is C22H32O4Si. The van der Waals surface area contributed by atoms with Crippen molar-refractivity contribution in [3.8, 4) is 0 Å². The van der Waals surface area contributed by atoms with E-state index in [4.69, 9.17) is 9.47 Å². The van der Waals surface area contributed by atoms with Gasteiger partial charge in [0.1, 0.15) is 0 Å². The zero-order chi connectivity index (χ0) is 20.5. The number of fused-ring (bicyclic) bond motifs is 1. The standard InChI is InChI=1S/C22H32O4Si/c1-21(2,3)27(6,7)13-12-17-15-22(19(23)25-4,20(24)26-5)14-16-10-8-9-11-18(16)17/h8-13,17H,14-15H2,1-7H3/b13-12+/t17-/m0/s1. The first-order chi connectivity index (χ1) is 12.5. The zero-order valence-electron chi connectivity index (χ0n) is 17.6. The van der Waals surface area contributed by atoms with E-state index in [0.717, 1.165) is 5.56 Å². The Kier molecular flexibility index (Phi) is 6.05. The molecule has 1 aromatic rings. The summed E-state index contributed by atoms with van der Waals surface area (Å²) in [6, 6.07) is 8.03. The molecule has 0 unspecified atom stereocenters. The average Bonchev–Trinajstić information content (AvgIpc) is 2.63. The van der Waals surface area contributed by atoms with Gasteiger partial charge in [-0.05, 0) is 29.0 Å².